The van der Waals surface area contributed by atoms with Gasteiger partial charge >= 0.3 is 0 Å². The molecular formula is C22H36IN7. The van der Waals surface area contributed by atoms with E-state index in [9.17, 15) is 0 Å². The Labute approximate surface area is 197 Å². The zero-order valence-electron chi connectivity index (χ0n) is 18.5. The lowest BCUT2D eigenvalue weighted by molar-refractivity contribution is 0.238. The summed E-state index contributed by atoms with van der Waals surface area (Å²) in [5.74, 6) is 2.94. The Hall–Kier alpha value is -1.68. The van der Waals surface area contributed by atoms with Gasteiger partial charge in [0.05, 0.1) is 6.54 Å². The van der Waals surface area contributed by atoms with Crippen LogP contribution in [0.1, 0.15) is 49.8 Å². The van der Waals surface area contributed by atoms with E-state index in [4.69, 9.17) is 0 Å². The molecule has 3 rings (SSSR count). The highest BCUT2D eigenvalue weighted by atomic mass is 127. The van der Waals surface area contributed by atoms with Crippen LogP contribution in [0.4, 0.5) is 0 Å². The number of hydrogen-bond donors (Lipinski definition) is 2. The van der Waals surface area contributed by atoms with Gasteiger partial charge in [0.1, 0.15) is 5.82 Å². The third-order valence-electron chi connectivity index (χ3n) is 5.71. The summed E-state index contributed by atoms with van der Waals surface area (Å²) in [6, 6.07) is 11.1. The van der Waals surface area contributed by atoms with Crippen LogP contribution in [0, 0.1) is 0 Å². The van der Waals surface area contributed by atoms with Crippen LogP contribution in [0.15, 0.2) is 35.3 Å². The maximum atomic E-state index is 4.38. The lowest BCUT2D eigenvalue weighted by Crippen LogP contribution is -2.40. The van der Waals surface area contributed by atoms with Crippen molar-refractivity contribution in [3.05, 3.63) is 47.5 Å². The molecule has 0 spiro atoms. The fourth-order valence-electron chi connectivity index (χ4n) is 3.71. The van der Waals surface area contributed by atoms with Crippen LogP contribution < -0.4 is 10.6 Å². The van der Waals surface area contributed by atoms with Crippen molar-refractivity contribution in [3.8, 4) is 0 Å². The van der Waals surface area contributed by atoms with Crippen molar-refractivity contribution in [2.75, 3.05) is 20.6 Å². The number of fused-ring (bicyclic) bond motifs is 1. The first-order valence-corrected chi connectivity index (χ1v) is 10.8. The second-order valence-corrected chi connectivity index (χ2v) is 7.89. The van der Waals surface area contributed by atoms with Crippen LogP contribution in [0.2, 0.25) is 0 Å². The van der Waals surface area contributed by atoms with Crippen LogP contribution in [-0.2, 0) is 26.1 Å². The highest BCUT2D eigenvalue weighted by Crippen LogP contribution is 2.14. The van der Waals surface area contributed by atoms with Gasteiger partial charge < -0.3 is 15.2 Å². The lowest BCUT2D eigenvalue weighted by atomic mass is 10.1. The van der Waals surface area contributed by atoms with Gasteiger partial charge in [-0.25, -0.2) is 0 Å². The molecule has 1 unspecified atom stereocenters. The molecular weight excluding hydrogens is 489 g/mol. The second kappa shape index (κ2) is 12.9. The number of halogens is 1. The predicted octanol–water partition coefficient (Wildman–Crippen LogP) is 3.20. The Morgan fingerprint density at radius 1 is 1.17 bits per heavy atom. The highest BCUT2D eigenvalue weighted by molar-refractivity contribution is 14.0. The maximum Gasteiger partial charge on any atom is 0.191 e. The molecule has 1 atom stereocenters. The predicted molar refractivity (Wildman–Crippen MR) is 133 cm³/mol. The minimum Gasteiger partial charge on any atom is -0.356 e. The molecule has 0 bridgehead atoms. The number of nitrogens with one attached hydrogen (secondary N) is 2. The Balaban J connectivity index is 0.00000320. The summed E-state index contributed by atoms with van der Waals surface area (Å²) < 4.78 is 2.27. The van der Waals surface area contributed by atoms with Crippen molar-refractivity contribution in [2.45, 2.75) is 64.7 Å². The normalized spacial score (nSPS) is 15.1. The van der Waals surface area contributed by atoms with E-state index >= 15 is 0 Å². The van der Waals surface area contributed by atoms with Crippen molar-refractivity contribution in [2.24, 2.45) is 4.99 Å². The third kappa shape index (κ3) is 7.23. The van der Waals surface area contributed by atoms with Gasteiger partial charge in [-0.2, -0.15) is 0 Å². The van der Waals surface area contributed by atoms with Gasteiger partial charge in [-0.3, -0.25) is 9.89 Å². The summed E-state index contributed by atoms with van der Waals surface area (Å²) in [7, 11) is 3.99. The molecule has 2 aromatic rings. The first-order valence-electron chi connectivity index (χ1n) is 10.8. The summed E-state index contributed by atoms with van der Waals surface area (Å²) in [6.45, 7) is 5.78. The van der Waals surface area contributed by atoms with Crippen molar-refractivity contribution in [1.29, 1.82) is 0 Å². The summed E-state index contributed by atoms with van der Waals surface area (Å²) in [6.07, 6.45) is 5.78. The number of guanidine groups is 1. The molecule has 0 fully saturated rings. The van der Waals surface area contributed by atoms with Gasteiger partial charge in [-0.05, 0) is 38.8 Å². The fraction of sp³-hybridized carbons (Fsp3) is 0.591. The average molecular weight is 525 g/mol. The number of nitrogens with zero attached hydrogens (tertiary/aromatic N) is 5. The topological polar surface area (TPSA) is 70.4 Å². The molecule has 166 valence electrons. The average Bonchev–Trinajstić information content (AvgIpc) is 2.97. The molecule has 0 saturated heterocycles. The van der Waals surface area contributed by atoms with Crippen LogP contribution in [0.5, 0.6) is 0 Å². The van der Waals surface area contributed by atoms with E-state index in [-0.39, 0.29) is 24.0 Å². The molecule has 1 aliphatic heterocycles. The quantitative estimate of drug-likeness (QED) is 0.315. The van der Waals surface area contributed by atoms with E-state index in [0.29, 0.717) is 12.6 Å². The fourth-order valence-corrected chi connectivity index (χ4v) is 3.71. The second-order valence-electron chi connectivity index (χ2n) is 7.89. The summed E-state index contributed by atoms with van der Waals surface area (Å²) in [5.41, 5.74) is 1.35. The van der Waals surface area contributed by atoms with Gasteiger partial charge in [0.2, 0.25) is 0 Å². The van der Waals surface area contributed by atoms with Gasteiger partial charge in [0.15, 0.2) is 11.8 Å². The monoisotopic (exact) mass is 525 g/mol. The zero-order valence-corrected chi connectivity index (χ0v) is 20.8. The summed E-state index contributed by atoms with van der Waals surface area (Å²) in [4.78, 5) is 6.74. The third-order valence-corrected chi connectivity index (χ3v) is 5.71. The Morgan fingerprint density at radius 2 is 1.97 bits per heavy atom. The van der Waals surface area contributed by atoms with Crippen LogP contribution in [0.25, 0.3) is 0 Å². The molecule has 0 aliphatic carbocycles. The first kappa shape index (κ1) is 24.6. The number of hydrogen-bond acceptors (Lipinski definition) is 4. The summed E-state index contributed by atoms with van der Waals surface area (Å²) >= 11 is 0. The van der Waals surface area contributed by atoms with Crippen molar-refractivity contribution >= 4 is 29.9 Å². The Kier molecular flexibility index (Phi) is 10.6. The van der Waals surface area contributed by atoms with Crippen molar-refractivity contribution in [1.82, 2.24) is 30.3 Å². The molecule has 1 aromatic heterocycles. The Morgan fingerprint density at radius 3 is 2.73 bits per heavy atom. The number of aliphatic imine (C=N–C) groups is 1. The molecule has 1 aliphatic rings. The first-order chi connectivity index (χ1) is 14.2. The molecule has 2 N–H and O–H groups in total. The van der Waals surface area contributed by atoms with E-state index < -0.39 is 0 Å². The minimum atomic E-state index is 0. The van der Waals surface area contributed by atoms with E-state index in [1.54, 1.807) is 0 Å². The highest BCUT2D eigenvalue weighted by Gasteiger charge is 2.15. The molecule has 0 saturated carbocycles. The van der Waals surface area contributed by atoms with Crippen molar-refractivity contribution < 1.29 is 0 Å². The largest absolute Gasteiger partial charge is 0.356 e. The van der Waals surface area contributed by atoms with E-state index in [1.165, 1.54) is 24.8 Å². The summed E-state index contributed by atoms with van der Waals surface area (Å²) in [5, 5.41) is 15.6. The van der Waals surface area contributed by atoms with Crippen LogP contribution >= 0.6 is 24.0 Å². The zero-order chi connectivity index (χ0) is 20.5. The van der Waals surface area contributed by atoms with E-state index in [1.807, 2.05) is 7.05 Å². The molecule has 7 nitrogen and oxygen atoms in total. The maximum absolute atomic E-state index is 4.38. The number of aryl methyl sites for hydroxylation is 1. The smallest absolute Gasteiger partial charge is 0.191 e. The van der Waals surface area contributed by atoms with Crippen LogP contribution in [0.3, 0.4) is 0 Å². The Bertz CT molecular complexity index is 775. The van der Waals surface area contributed by atoms with Crippen LogP contribution in [-0.4, -0.2) is 52.3 Å². The standard InChI is InChI=1S/C22H35N7.HI/c1-18(28(3)17-19-10-6-4-7-11-19)13-14-24-22(23-2)25-16-21-27-26-20-12-8-5-9-15-29(20)21;/h4,6-7,10-11,18H,5,8-9,12-17H2,1-3H3,(H2,23,24,25);1H. The molecule has 30 heavy (non-hydrogen) atoms. The van der Waals surface area contributed by atoms with Gasteiger partial charge in [0, 0.05) is 39.1 Å². The van der Waals surface area contributed by atoms with Gasteiger partial charge in [0.25, 0.3) is 0 Å². The molecule has 0 amide bonds. The molecule has 0 radical (unpaired) electrons. The number of rotatable bonds is 8. The minimum absolute atomic E-state index is 0. The SMILES string of the molecule is CN=C(NCCC(C)N(C)Cc1ccccc1)NCc1nnc2n1CCCCC2.I. The molecule has 8 heteroatoms. The van der Waals surface area contributed by atoms with E-state index in [2.05, 4.69) is 79.6 Å². The van der Waals surface area contributed by atoms with Crippen molar-refractivity contribution in [3.63, 3.8) is 0 Å². The van der Waals surface area contributed by atoms with Gasteiger partial charge in [-0.1, -0.05) is 36.8 Å². The lowest BCUT2D eigenvalue weighted by Gasteiger charge is -2.25. The number of benzene rings is 1. The molecule has 1 aromatic carbocycles. The molecule has 2 heterocycles. The van der Waals surface area contributed by atoms with E-state index in [0.717, 1.165) is 50.1 Å². The number of aromatic nitrogens is 3. The van der Waals surface area contributed by atoms with Gasteiger partial charge in [-0.15, -0.1) is 34.2 Å².